The predicted octanol–water partition coefficient (Wildman–Crippen LogP) is 5.49. The van der Waals surface area contributed by atoms with Gasteiger partial charge in [-0.3, -0.25) is 4.98 Å². The first-order valence-corrected chi connectivity index (χ1v) is 8.05. The number of pyridine rings is 2. The maximum Gasteiger partial charge on any atom is 0.173 e. The summed E-state index contributed by atoms with van der Waals surface area (Å²) in [4.78, 5) is 8.58. The number of para-hydroxylation sites is 1. The molecule has 4 heteroatoms. The van der Waals surface area contributed by atoms with Gasteiger partial charge in [-0.1, -0.05) is 42.5 Å². The highest BCUT2D eigenvalue weighted by Gasteiger charge is 2.17. The molecule has 4 aromatic rings. The van der Waals surface area contributed by atoms with Gasteiger partial charge in [0.25, 0.3) is 0 Å². The minimum absolute atomic E-state index is 0.355. The van der Waals surface area contributed by atoms with E-state index in [1.807, 2.05) is 67.6 Å². The second-order valence-corrected chi connectivity index (χ2v) is 5.84. The van der Waals surface area contributed by atoms with Gasteiger partial charge in [-0.25, -0.2) is 9.37 Å². The predicted molar refractivity (Wildman–Crippen MR) is 99.4 cm³/mol. The molecule has 122 valence electrons. The number of halogens is 1. The lowest BCUT2D eigenvalue weighted by atomic mass is 10.0. The number of nitrogens with zero attached hydrogens (tertiary/aromatic N) is 2. The van der Waals surface area contributed by atoms with E-state index in [-0.39, 0.29) is 5.82 Å². The van der Waals surface area contributed by atoms with Crippen LogP contribution in [-0.2, 0) is 0 Å². The van der Waals surface area contributed by atoms with Crippen LogP contribution in [0.1, 0.15) is 5.56 Å². The molecule has 2 heterocycles. The smallest absolute Gasteiger partial charge is 0.173 e. The van der Waals surface area contributed by atoms with Crippen molar-refractivity contribution in [1.82, 2.24) is 9.97 Å². The third kappa shape index (κ3) is 2.83. The molecule has 1 N–H and O–H groups in total. The maximum absolute atomic E-state index is 15.4. The van der Waals surface area contributed by atoms with Gasteiger partial charge in [0, 0.05) is 29.0 Å². The Labute approximate surface area is 145 Å². The van der Waals surface area contributed by atoms with E-state index in [1.165, 1.54) is 0 Å². The number of hydrogen-bond donors (Lipinski definition) is 1. The van der Waals surface area contributed by atoms with E-state index >= 15 is 4.39 Å². The van der Waals surface area contributed by atoms with E-state index in [0.29, 0.717) is 11.4 Å². The Hall–Kier alpha value is -3.27. The van der Waals surface area contributed by atoms with Crippen molar-refractivity contribution in [2.75, 3.05) is 5.32 Å². The van der Waals surface area contributed by atoms with E-state index in [1.54, 1.807) is 12.4 Å². The SMILES string of the molecule is Cc1ccccc1-c1nc2ccccc2c(Nc2ccncc2)c1F. The molecule has 0 saturated carbocycles. The van der Waals surface area contributed by atoms with E-state index in [0.717, 1.165) is 27.7 Å². The van der Waals surface area contributed by atoms with Crippen LogP contribution in [0.15, 0.2) is 73.1 Å². The molecule has 0 atom stereocenters. The van der Waals surface area contributed by atoms with Crippen molar-refractivity contribution in [2.24, 2.45) is 0 Å². The number of hydrogen-bond acceptors (Lipinski definition) is 3. The van der Waals surface area contributed by atoms with Crippen LogP contribution in [0.5, 0.6) is 0 Å². The number of fused-ring (bicyclic) bond motifs is 1. The molecule has 2 aromatic carbocycles. The maximum atomic E-state index is 15.4. The normalized spacial score (nSPS) is 10.8. The van der Waals surface area contributed by atoms with Crippen LogP contribution in [0.3, 0.4) is 0 Å². The molecule has 0 radical (unpaired) electrons. The van der Waals surface area contributed by atoms with Gasteiger partial charge in [-0.05, 0) is 30.7 Å². The Balaban J connectivity index is 1.97. The summed E-state index contributed by atoms with van der Waals surface area (Å²) in [6.45, 7) is 1.96. The number of anilines is 2. The van der Waals surface area contributed by atoms with E-state index < -0.39 is 0 Å². The minimum Gasteiger partial charge on any atom is -0.352 e. The number of benzene rings is 2. The topological polar surface area (TPSA) is 37.8 Å². The van der Waals surface area contributed by atoms with Crippen LogP contribution in [0.25, 0.3) is 22.2 Å². The zero-order valence-electron chi connectivity index (χ0n) is 13.7. The summed E-state index contributed by atoms with van der Waals surface area (Å²) in [5.41, 5.74) is 4.09. The van der Waals surface area contributed by atoms with Gasteiger partial charge in [0.05, 0.1) is 11.2 Å². The molecule has 0 spiro atoms. The fourth-order valence-electron chi connectivity index (χ4n) is 2.91. The molecule has 0 amide bonds. The van der Waals surface area contributed by atoms with E-state index in [9.17, 15) is 0 Å². The summed E-state index contributed by atoms with van der Waals surface area (Å²) in [6.07, 6.45) is 3.34. The number of aryl methyl sites for hydroxylation is 1. The highest BCUT2D eigenvalue weighted by molar-refractivity contribution is 5.96. The van der Waals surface area contributed by atoms with Gasteiger partial charge in [-0.2, -0.15) is 0 Å². The zero-order valence-corrected chi connectivity index (χ0v) is 13.7. The van der Waals surface area contributed by atoms with Crippen LogP contribution in [0.4, 0.5) is 15.8 Å². The number of aromatic nitrogens is 2. The Morgan fingerprint density at radius 2 is 1.60 bits per heavy atom. The van der Waals surface area contributed by atoms with Crippen LogP contribution in [-0.4, -0.2) is 9.97 Å². The Kier molecular flexibility index (Phi) is 3.86. The quantitative estimate of drug-likeness (QED) is 0.540. The average Bonchev–Trinajstić information content (AvgIpc) is 2.65. The highest BCUT2D eigenvalue weighted by atomic mass is 19.1. The summed E-state index contributed by atoms with van der Waals surface area (Å²) in [6, 6.07) is 18.9. The summed E-state index contributed by atoms with van der Waals surface area (Å²) in [7, 11) is 0. The zero-order chi connectivity index (χ0) is 17.2. The first-order chi connectivity index (χ1) is 12.2. The van der Waals surface area contributed by atoms with E-state index in [2.05, 4.69) is 15.3 Å². The van der Waals surface area contributed by atoms with Gasteiger partial charge in [0.15, 0.2) is 5.82 Å². The molecule has 0 aliphatic carbocycles. The number of rotatable bonds is 3. The lowest BCUT2D eigenvalue weighted by Crippen LogP contribution is -2.01. The standard InChI is InChI=1S/C21H16FN3/c1-14-6-2-3-7-16(14)20-19(22)21(24-15-10-12-23-13-11-15)17-8-4-5-9-18(17)25-20/h2-13H,1H3,(H,23,24,25). The largest absolute Gasteiger partial charge is 0.352 e. The third-order valence-corrected chi connectivity index (χ3v) is 4.18. The fraction of sp³-hybridized carbons (Fsp3) is 0.0476. The third-order valence-electron chi connectivity index (χ3n) is 4.18. The Morgan fingerprint density at radius 3 is 2.40 bits per heavy atom. The highest BCUT2D eigenvalue weighted by Crippen LogP contribution is 2.35. The van der Waals surface area contributed by atoms with Crippen molar-refractivity contribution in [1.29, 1.82) is 0 Å². The lowest BCUT2D eigenvalue weighted by molar-refractivity contribution is 0.632. The lowest BCUT2D eigenvalue weighted by Gasteiger charge is -2.15. The second-order valence-electron chi connectivity index (χ2n) is 5.84. The van der Waals surface area contributed by atoms with Gasteiger partial charge < -0.3 is 5.32 Å². The summed E-state index contributed by atoms with van der Waals surface area (Å²) in [5, 5.41) is 3.93. The molecule has 25 heavy (non-hydrogen) atoms. The molecule has 0 saturated heterocycles. The second kappa shape index (κ2) is 6.32. The van der Waals surface area contributed by atoms with Crippen molar-refractivity contribution < 1.29 is 4.39 Å². The summed E-state index contributed by atoms with van der Waals surface area (Å²) >= 11 is 0. The molecule has 0 unspecified atom stereocenters. The van der Waals surface area contributed by atoms with Crippen molar-refractivity contribution >= 4 is 22.3 Å². The molecule has 3 nitrogen and oxygen atoms in total. The first kappa shape index (κ1) is 15.3. The van der Waals surface area contributed by atoms with Crippen LogP contribution < -0.4 is 5.32 Å². The molecule has 0 fully saturated rings. The number of nitrogens with one attached hydrogen (secondary N) is 1. The minimum atomic E-state index is -0.357. The molecule has 0 bridgehead atoms. The van der Waals surface area contributed by atoms with Crippen LogP contribution in [0.2, 0.25) is 0 Å². The summed E-state index contributed by atoms with van der Waals surface area (Å²) < 4.78 is 15.4. The van der Waals surface area contributed by atoms with E-state index in [4.69, 9.17) is 0 Å². The summed E-state index contributed by atoms with van der Waals surface area (Å²) in [5.74, 6) is -0.357. The fourth-order valence-corrected chi connectivity index (χ4v) is 2.91. The molecule has 4 rings (SSSR count). The molecule has 0 aliphatic heterocycles. The monoisotopic (exact) mass is 329 g/mol. The van der Waals surface area contributed by atoms with Crippen molar-refractivity contribution in [3.8, 4) is 11.3 Å². The van der Waals surface area contributed by atoms with Gasteiger partial charge in [-0.15, -0.1) is 0 Å². The molecule has 0 aliphatic rings. The molecule has 2 aromatic heterocycles. The molecular weight excluding hydrogens is 313 g/mol. The molecular formula is C21H16FN3. The van der Waals surface area contributed by atoms with Crippen LogP contribution in [0, 0.1) is 12.7 Å². The van der Waals surface area contributed by atoms with Crippen molar-refractivity contribution in [2.45, 2.75) is 6.92 Å². The van der Waals surface area contributed by atoms with Gasteiger partial charge in [0.2, 0.25) is 0 Å². The Morgan fingerprint density at radius 1 is 0.880 bits per heavy atom. The van der Waals surface area contributed by atoms with Gasteiger partial charge >= 0.3 is 0 Å². The van der Waals surface area contributed by atoms with Crippen LogP contribution >= 0.6 is 0 Å². The van der Waals surface area contributed by atoms with Crippen molar-refractivity contribution in [3.63, 3.8) is 0 Å². The first-order valence-electron chi connectivity index (χ1n) is 8.05. The van der Waals surface area contributed by atoms with Gasteiger partial charge in [0.1, 0.15) is 5.69 Å². The van der Waals surface area contributed by atoms with Crippen molar-refractivity contribution in [3.05, 3.63) is 84.4 Å². The average molecular weight is 329 g/mol. The Bertz CT molecular complexity index is 1050.